The van der Waals surface area contributed by atoms with E-state index < -0.39 is 6.09 Å². The maximum Gasteiger partial charge on any atom is 0.407 e. The van der Waals surface area contributed by atoms with Crippen molar-refractivity contribution in [2.75, 3.05) is 25.9 Å². The van der Waals surface area contributed by atoms with E-state index in [9.17, 15) is 9.59 Å². The molecule has 0 saturated carbocycles. The van der Waals surface area contributed by atoms with E-state index in [2.05, 4.69) is 54.3 Å². The first-order valence-corrected chi connectivity index (χ1v) is 11.6. The Morgan fingerprint density at radius 2 is 1.47 bits per heavy atom. The first-order chi connectivity index (χ1) is 17.5. The Morgan fingerprint density at radius 3 is 2.00 bits per heavy atom. The summed E-state index contributed by atoms with van der Waals surface area (Å²) in [7, 11) is 1.26. The van der Waals surface area contributed by atoms with Crippen molar-refractivity contribution in [3.05, 3.63) is 66.7 Å². The van der Waals surface area contributed by atoms with Crippen LogP contribution in [0.3, 0.4) is 0 Å². The Morgan fingerprint density at radius 1 is 0.917 bits per heavy atom. The molecule has 4 rings (SSSR count). The number of ether oxygens (including phenoxy) is 1. The van der Waals surface area contributed by atoms with E-state index in [-0.39, 0.29) is 12.5 Å². The summed E-state index contributed by atoms with van der Waals surface area (Å²) in [4.78, 5) is 40.3. The largest absolute Gasteiger partial charge is 0.453 e. The zero-order valence-corrected chi connectivity index (χ0v) is 20.2. The Balaban J connectivity index is 1.41. The third kappa shape index (κ3) is 5.90. The van der Waals surface area contributed by atoms with Gasteiger partial charge in [-0.25, -0.2) is 14.8 Å². The Kier molecular flexibility index (Phi) is 7.64. The number of benzene rings is 2. The molecule has 186 valence electrons. The number of rotatable bonds is 9. The summed E-state index contributed by atoms with van der Waals surface area (Å²) in [6.07, 6.45) is 3.63. The predicted octanol–water partition coefficient (Wildman–Crippen LogP) is 3.81. The minimum Gasteiger partial charge on any atom is -0.453 e. The number of carbonyl (C=O) groups is 2. The Labute approximate surface area is 208 Å². The molecule has 2 heterocycles. The van der Waals surface area contributed by atoms with Crippen molar-refractivity contribution in [1.29, 1.82) is 0 Å². The van der Waals surface area contributed by atoms with Crippen LogP contribution in [0.25, 0.3) is 33.6 Å². The summed E-state index contributed by atoms with van der Waals surface area (Å²) in [6.45, 7) is 2.74. The smallest absolute Gasteiger partial charge is 0.407 e. The van der Waals surface area contributed by atoms with Gasteiger partial charge in [0.15, 0.2) is 5.95 Å². The summed E-state index contributed by atoms with van der Waals surface area (Å²) in [5, 5.41) is 2.43. The number of alkyl carbamates (subject to hydrolysis) is 1. The van der Waals surface area contributed by atoms with Gasteiger partial charge in [-0.05, 0) is 28.7 Å². The highest BCUT2D eigenvalue weighted by molar-refractivity contribution is 5.82. The monoisotopic (exact) mass is 487 g/mol. The van der Waals surface area contributed by atoms with Gasteiger partial charge in [0.2, 0.25) is 5.91 Å². The first kappa shape index (κ1) is 24.5. The Hall–Kier alpha value is -4.60. The van der Waals surface area contributed by atoms with Gasteiger partial charge in [-0.1, -0.05) is 55.5 Å². The van der Waals surface area contributed by atoms with Gasteiger partial charge < -0.3 is 30.7 Å². The number of aromatic nitrogens is 4. The van der Waals surface area contributed by atoms with E-state index >= 15 is 0 Å². The van der Waals surface area contributed by atoms with E-state index in [4.69, 9.17) is 5.73 Å². The second kappa shape index (κ2) is 11.2. The quantitative estimate of drug-likeness (QED) is 0.283. The number of imidazole rings is 2. The molecule has 4 aromatic rings. The maximum atomic E-state index is 12.5. The van der Waals surface area contributed by atoms with Crippen molar-refractivity contribution >= 4 is 17.9 Å². The molecule has 0 saturated heterocycles. The lowest BCUT2D eigenvalue weighted by Gasteiger charge is -2.21. The third-order valence-electron chi connectivity index (χ3n) is 5.71. The molecule has 0 unspecified atom stereocenters. The van der Waals surface area contributed by atoms with E-state index in [1.165, 1.54) is 7.11 Å². The number of hydrogen-bond donors (Lipinski definition) is 4. The van der Waals surface area contributed by atoms with Crippen molar-refractivity contribution in [1.82, 2.24) is 30.2 Å². The molecule has 10 nitrogen and oxygen atoms in total. The van der Waals surface area contributed by atoms with E-state index in [1.54, 1.807) is 17.3 Å². The number of carbonyl (C=O) groups excluding carboxylic acids is 2. The van der Waals surface area contributed by atoms with Crippen LogP contribution in [-0.4, -0.2) is 57.0 Å². The van der Waals surface area contributed by atoms with Crippen molar-refractivity contribution in [3.8, 4) is 33.6 Å². The zero-order chi connectivity index (χ0) is 25.5. The van der Waals surface area contributed by atoms with Gasteiger partial charge in [0, 0.05) is 6.54 Å². The lowest BCUT2D eigenvalue weighted by Crippen LogP contribution is -2.40. The molecule has 2 aromatic heterocycles. The second-order valence-electron chi connectivity index (χ2n) is 8.24. The molecule has 0 radical (unpaired) electrons. The minimum atomic E-state index is -0.637. The number of H-pyrrole nitrogens is 2. The molecule has 0 aliphatic heterocycles. The summed E-state index contributed by atoms with van der Waals surface area (Å²) >= 11 is 0. The molecular formula is C26H29N7O3. The van der Waals surface area contributed by atoms with Gasteiger partial charge in [0.1, 0.15) is 12.4 Å². The molecule has 5 N–H and O–H groups in total. The molecule has 2 aromatic carbocycles. The highest BCUT2D eigenvalue weighted by atomic mass is 16.5. The molecule has 0 aliphatic carbocycles. The van der Waals surface area contributed by atoms with Crippen LogP contribution < -0.4 is 11.1 Å². The number of nitrogens with one attached hydrogen (secondary N) is 3. The first-order valence-electron chi connectivity index (χ1n) is 11.6. The molecule has 10 heteroatoms. The molecule has 0 spiro atoms. The van der Waals surface area contributed by atoms with Gasteiger partial charge in [-0.15, -0.1) is 0 Å². The van der Waals surface area contributed by atoms with Gasteiger partial charge in [0.05, 0.1) is 37.4 Å². The predicted molar refractivity (Wildman–Crippen MR) is 138 cm³/mol. The summed E-state index contributed by atoms with van der Waals surface area (Å²) in [6, 6.07) is 16.4. The summed E-state index contributed by atoms with van der Waals surface area (Å²) in [5.41, 5.74) is 11.6. The number of aromatic amines is 2. The maximum absolute atomic E-state index is 12.5. The van der Waals surface area contributed by atoms with Crippen molar-refractivity contribution in [3.63, 3.8) is 0 Å². The van der Waals surface area contributed by atoms with Crippen molar-refractivity contribution in [2.45, 2.75) is 19.9 Å². The van der Waals surface area contributed by atoms with Gasteiger partial charge >= 0.3 is 6.09 Å². The standard InChI is InChI=1S/C26H29N7O3/c1-3-12-33(24(34)15-30-26(35)36-2)16-23-28-13-21(31-23)19-8-4-17(5-9-19)18-6-10-20(11-7-18)22-14-29-25(27)32-22/h4-11,13-14H,3,12,15-16H2,1-2H3,(H,28,31)(H,30,35)(H3,27,29,32). The fourth-order valence-electron chi connectivity index (χ4n) is 3.83. The number of nitrogens with two attached hydrogens (primary N) is 1. The number of nitrogens with zero attached hydrogens (tertiary/aromatic N) is 3. The summed E-state index contributed by atoms with van der Waals surface area (Å²) < 4.78 is 4.52. The van der Waals surface area contributed by atoms with Crippen LogP contribution in [0.5, 0.6) is 0 Å². The number of hydrogen-bond acceptors (Lipinski definition) is 6. The average Bonchev–Trinajstić information content (AvgIpc) is 3.56. The highest BCUT2D eigenvalue weighted by Gasteiger charge is 2.16. The van der Waals surface area contributed by atoms with E-state index in [1.807, 2.05) is 31.2 Å². The molecular weight excluding hydrogens is 458 g/mol. The van der Waals surface area contributed by atoms with Crippen LogP contribution in [0.4, 0.5) is 10.7 Å². The molecule has 0 aliphatic rings. The molecule has 36 heavy (non-hydrogen) atoms. The van der Waals surface area contributed by atoms with Crippen LogP contribution >= 0.6 is 0 Å². The van der Waals surface area contributed by atoms with Crippen LogP contribution in [0.1, 0.15) is 19.2 Å². The molecule has 0 atom stereocenters. The van der Waals surface area contributed by atoms with Gasteiger partial charge in [0.25, 0.3) is 0 Å². The third-order valence-corrected chi connectivity index (χ3v) is 5.71. The van der Waals surface area contributed by atoms with Crippen LogP contribution in [-0.2, 0) is 16.1 Å². The van der Waals surface area contributed by atoms with Crippen LogP contribution in [0, 0.1) is 0 Å². The fraction of sp³-hybridized carbons (Fsp3) is 0.231. The lowest BCUT2D eigenvalue weighted by atomic mass is 10.0. The number of amides is 2. The normalized spacial score (nSPS) is 10.7. The SMILES string of the molecule is CCCN(Cc1ncc(-c2ccc(-c3ccc(-c4cnc(N)[nH]4)cc3)cc2)[nH]1)C(=O)CNC(=O)OC. The number of nitrogen functional groups attached to an aromatic ring is 1. The van der Waals surface area contributed by atoms with Crippen LogP contribution in [0.2, 0.25) is 0 Å². The summed E-state index contributed by atoms with van der Waals surface area (Å²) in [5.74, 6) is 0.863. The zero-order valence-electron chi connectivity index (χ0n) is 20.2. The molecule has 0 bridgehead atoms. The Bertz CT molecular complexity index is 1310. The molecule has 0 fully saturated rings. The number of methoxy groups -OCH3 is 1. The van der Waals surface area contributed by atoms with E-state index in [0.717, 1.165) is 40.1 Å². The highest BCUT2D eigenvalue weighted by Crippen LogP contribution is 2.26. The topological polar surface area (TPSA) is 142 Å². The minimum absolute atomic E-state index is 0.126. The number of anilines is 1. The van der Waals surface area contributed by atoms with Gasteiger partial charge in [-0.3, -0.25) is 4.79 Å². The van der Waals surface area contributed by atoms with E-state index in [0.29, 0.717) is 24.9 Å². The average molecular weight is 488 g/mol. The van der Waals surface area contributed by atoms with Crippen molar-refractivity contribution in [2.24, 2.45) is 0 Å². The van der Waals surface area contributed by atoms with Gasteiger partial charge in [-0.2, -0.15) is 0 Å². The fourth-order valence-corrected chi connectivity index (χ4v) is 3.83. The second-order valence-corrected chi connectivity index (χ2v) is 8.24. The van der Waals surface area contributed by atoms with Crippen LogP contribution in [0.15, 0.2) is 60.9 Å². The lowest BCUT2D eigenvalue weighted by molar-refractivity contribution is -0.130. The van der Waals surface area contributed by atoms with Crippen molar-refractivity contribution < 1.29 is 14.3 Å². The molecule has 2 amide bonds.